The van der Waals surface area contributed by atoms with E-state index in [1.54, 1.807) is 18.2 Å². The summed E-state index contributed by atoms with van der Waals surface area (Å²) < 4.78 is 52.2. The Balaban J connectivity index is 1.78. The number of fused-ring (bicyclic) bond motifs is 1. The Hall–Kier alpha value is -2.16. The second-order valence-corrected chi connectivity index (χ2v) is 7.96. The molecule has 6 nitrogen and oxygen atoms in total. The average molecular weight is 380 g/mol. The van der Waals surface area contributed by atoms with E-state index in [-0.39, 0.29) is 23.3 Å². The summed E-state index contributed by atoms with van der Waals surface area (Å²) in [4.78, 5) is 1.93. The molecule has 3 rings (SSSR count). The second kappa shape index (κ2) is 7.61. The number of benzene rings is 2. The van der Waals surface area contributed by atoms with Crippen molar-refractivity contribution in [3.8, 4) is 11.5 Å². The summed E-state index contributed by atoms with van der Waals surface area (Å²) in [5.74, 6) is 0.582. The van der Waals surface area contributed by atoms with E-state index in [9.17, 15) is 12.8 Å². The van der Waals surface area contributed by atoms with E-state index in [4.69, 9.17) is 9.47 Å². The van der Waals surface area contributed by atoms with Crippen molar-refractivity contribution in [2.45, 2.75) is 10.9 Å². The van der Waals surface area contributed by atoms with Crippen molar-refractivity contribution >= 4 is 10.0 Å². The number of halogens is 1. The van der Waals surface area contributed by atoms with Crippen LogP contribution in [0.15, 0.2) is 47.4 Å². The summed E-state index contributed by atoms with van der Waals surface area (Å²) in [6.07, 6.45) is 0. The average Bonchev–Trinajstić information content (AvgIpc) is 2.61. The van der Waals surface area contributed by atoms with Crippen LogP contribution in [0.3, 0.4) is 0 Å². The third-order valence-corrected chi connectivity index (χ3v) is 5.57. The lowest BCUT2D eigenvalue weighted by atomic mass is 10.1. The van der Waals surface area contributed by atoms with Gasteiger partial charge in [-0.15, -0.1) is 0 Å². The number of rotatable bonds is 6. The molecule has 0 unspecified atom stereocenters. The first kappa shape index (κ1) is 18.6. The minimum Gasteiger partial charge on any atom is -0.486 e. The minimum atomic E-state index is -3.75. The summed E-state index contributed by atoms with van der Waals surface area (Å²) >= 11 is 0. The highest BCUT2D eigenvalue weighted by molar-refractivity contribution is 7.89. The van der Waals surface area contributed by atoms with Crippen LogP contribution in [0.2, 0.25) is 0 Å². The first-order chi connectivity index (χ1) is 12.4. The van der Waals surface area contributed by atoms with Gasteiger partial charge in [0.25, 0.3) is 0 Å². The maximum Gasteiger partial charge on any atom is 0.240 e. The molecule has 26 heavy (non-hydrogen) atoms. The molecule has 2 aromatic rings. The molecule has 140 valence electrons. The predicted molar refractivity (Wildman–Crippen MR) is 95.4 cm³/mol. The lowest BCUT2D eigenvalue weighted by molar-refractivity contribution is 0.171. The van der Waals surface area contributed by atoms with E-state index in [1.165, 1.54) is 24.3 Å². The SMILES string of the molecule is CN(C)[C@@H](CNS(=O)(=O)c1ccc2c(c1)OCCO2)c1cccc(F)c1. The second-order valence-electron chi connectivity index (χ2n) is 6.19. The first-order valence-electron chi connectivity index (χ1n) is 8.18. The summed E-state index contributed by atoms with van der Waals surface area (Å²) in [5, 5.41) is 0. The largest absolute Gasteiger partial charge is 0.486 e. The molecule has 0 amide bonds. The number of sulfonamides is 1. The van der Waals surface area contributed by atoms with Gasteiger partial charge < -0.3 is 14.4 Å². The maximum atomic E-state index is 13.5. The molecule has 0 bridgehead atoms. The molecule has 8 heteroatoms. The van der Waals surface area contributed by atoms with Gasteiger partial charge in [0.05, 0.1) is 4.90 Å². The van der Waals surface area contributed by atoms with Gasteiger partial charge >= 0.3 is 0 Å². The molecule has 0 spiro atoms. The smallest absolute Gasteiger partial charge is 0.240 e. The number of likely N-dealkylation sites (N-methyl/N-ethyl adjacent to an activating group) is 1. The van der Waals surface area contributed by atoms with Crippen LogP contribution in [0.1, 0.15) is 11.6 Å². The van der Waals surface area contributed by atoms with Crippen LogP contribution >= 0.6 is 0 Å². The lowest BCUT2D eigenvalue weighted by Gasteiger charge is -2.25. The number of ether oxygens (including phenoxy) is 2. The molecule has 1 aliphatic heterocycles. The van der Waals surface area contributed by atoms with Gasteiger partial charge in [0.1, 0.15) is 19.0 Å². The topological polar surface area (TPSA) is 67.9 Å². The molecule has 1 N–H and O–H groups in total. The van der Waals surface area contributed by atoms with Gasteiger partial charge in [-0.1, -0.05) is 12.1 Å². The van der Waals surface area contributed by atoms with Gasteiger partial charge in [0, 0.05) is 18.7 Å². The van der Waals surface area contributed by atoms with Gasteiger partial charge in [-0.25, -0.2) is 17.5 Å². The Morgan fingerprint density at radius 3 is 2.54 bits per heavy atom. The highest BCUT2D eigenvalue weighted by Gasteiger charge is 2.22. The number of nitrogens with one attached hydrogen (secondary N) is 1. The molecule has 1 atom stereocenters. The molecule has 2 aromatic carbocycles. The van der Waals surface area contributed by atoms with E-state index in [2.05, 4.69) is 4.72 Å². The van der Waals surface area contributed by atoms with Crippen molar-refractivity contribution in [2.24, 2.45) is 0 Å². The van der Waals surface area contributed by atoms with E-state index in [0.717, 1.165) is 0 Å². The van der Waals surface area contributed by atoms with E-state index in [0.29, 0.717) is 30.3 Å². The normalized spacial score (nSPS) is 15.1. The van der Waals surface area contributed by atoms with Crippen molar-refractivity contribution in [1.82, 2.24) is 9.62 Å². The van der Waals surface area contributed by atoms with Gasteiger partial charge in [-0.2, -0.15) is 0 Å². The highest BCUT2D eigenvalue weighted by Crippen LogP contribution is 2.32. The monoisotopic (exact) mass is 380 g/mol. The summed E-state index contributed by atoms with van der Waals surface area (Å²) in [5.41, 5.74) is 0.694. The minimum absolute atomic E-state index is 0.0958. The third-order valence-electron chi connectivity index (χ3n) is 4.15. The molecule has 0 aliphatic carbocycles. The maximum absolute atomic E-state index is 13.5. The zero-order valence-electron chi connectivity index (χ0n) is 14.6. The van der Waals surface area contributed by atoms with Crippen molar-refractivity contribution in [3.63, 3.8) is 0 Å². The zero-order valence-corrected chi connectivity index (χ0v) is 15.4. The number of hydrogen-bond acceptors (Lipinski definition) is 5. The molecule has 0 saturated heterocycles. The fourth-order valence-electron chi connectivity index (χ4n) is 2.78. The summed E-state index contributed by atoms with van der Waals surface area (Å²) in [7, 11) is -0.120. The van der Waals surface area contributed by atoms with E-state index >= 15 is 0 Å². The van der Waals surface area contributed by atoms with Crippen LogP contribution in [-0.4, -0.2) is 47.2 Å². The fourth-order valence-corrected chi connectivity index (χ4v) is 3.83. The molecule has 0 saturated carbocycles. The molecule has 1 heterocycles. The fraction of sp³-hybridized carbons (Fsp3) is 0.333. The molecular formula is C18H21FN2O4S. The molecule has 1 aliphatic rings. The Morgan fingerprint density at radius 2 is 1.85 bits per heavy atom. The van der Waals surface area contributed by atoms with Crippen LogP contribution in [0.25, 0.3) is 0 Å². The summed E-state index contributed by atoms with van der Waals surface area (Å²) in [6, 6.07) is 10.3. The van der Waals surface area contributed by atoms with Crippen molar-refractivity contribution in [3.05, 3.63) is 53.8 Å². The van der Waals surface area contributed by atoms with Gasteiger partial charge in [0.15, 0.2) is 11.5 Å². The van der Waals surface area contributed by atoms with Crippen LogP contribution in [0.5, 0.6) is 11.5 Å². The van der Waals surface area contributed by atoms with Crippen molar-refractivity contribution in [1.29, 1.82) is 0 Å². The molecule has 0 aromatic heterocycles. The van der Waals surface area contributed by atoms with Crippen LogP contribution in [0, 0.1) is 5.82 Å². The number of hydrogen-bond donors (Lipinski definition) is 1. The lowest BCUT2D eigenvalue weighted by Crippen LogP contribution is -2.34. The number of nitrogens with zero attached hydrogens (tertiary/aromatic N) is 1. The zero-order chi connectivity index (χ0) is 18.7. The first-order valence-corrected chi connectivity index (χ1v) is 9.66. The van der Waals surface area contributed by atoms with Crippen LogP contribution < -0.4 is 14.2 Å². The Labute approximate surface area is 152 Å². The van der Waals surface area contributed by atoms with Gasteiger partial charge in [0.2, 0.25) is 10.0 Å². The quantitative estimate of drug-likeness (QED) is 0.832. The predicted octanol–water partition coefficient (Wildman–Crippen LogP) is 2.18. The van der Waals surface area contributed by atoms with E-state index in [1.807, 2.05) is 19.0 Å². The standard InChI is InChI=1S/C18H21FN2O4S/c1-21(2)16(13-4-3-5-14(19)10-13)12-20-26(22,23)15-6-7-17-18(11-15)25-9-8-24-17/h3-7,10-11,16,20H,8-9,12H2,1-2H3/t16-/m0/s1. The van der Waals surface area contributed by atoms with E-state index < -0.39 is 10.0 Å². The highest BCUT2D eigenvalue weighted by atomic mass is 32.2. The van der Waals surface area contributed by atoms with Gasteiger partial charge in [-0.05, 0) is 43.9 Å². The molecule has 0 fully saturated rings. The molecular weight excluding hydrogens is 359 g/mol. The van der Waals surface area contributed by atoms with Crippen LogP contribution in [0.4, 0.5) is 4.39 Å². The summed E-state index contributed by atoms with van der Waals surface area (Å²) in [6.45, 7) is 0.926. The Bertz CT molecular complexity index is 887. The van der Waals surface area contributed by atoms with Gasteiger partial charge in [-0.3, -0.25) is 0 Å². The third kappa shape index (κ3) is 4.14. The van der Waals surface area contributed by atoms with Crippen LogP contribution in [-0.2, 0) is 10.0 Å². The van der Waals surface area contributed by atoms with Crippen molar-refractivity contribution in [2.75, 3.05) is 33.9 Å². The van der Waals surface area contributed by atoms with Crippen molar-refractivity contribution < 1.29 is 22.3 Å². The Morgan fingerprint density at radius 1 is 1.12 bits per heavy atom. The Kier molecular flexibility index (Phi) is 5.45. The molecule has 0 radical (unpaired) electrons.